The number of halogens is 2. The van der Waals surface area contributed by atoms with Crippen molar-refractivity contribution in [3.05, 3.63) is 60.0 Å². The molecule has 1 aromatic heterocycles. The van der Waals surface area contributed by atoms with Crippen molar-refractivity contribution >= 4 is 11.7 Å². The Morgan fingerprint density at radius 1 is 1.27 bits per heavy atom. The number of nitrogens with zero attached hydrogens (tertiary/aromatic N) is 3. The molecular formula is C21H20F2N4O3. The molecule has 3 aromatic rings. The number of methoxy groups -OCH3 is 1. The molecular weight excluding hydrogens is 394 g/mol. The van der Waals surface area contributed by atoms with E-state index in [2.05, 4.69) is 15.5 Å². The van der Waals surface area contributed by atoms with E-state index in [-0.39, 0.29) is 11.6 Å². The van der Waals surface area contributed by atoms with Crippen LogP contribution in [0.15, 0.2) is 47.0 Å². The lowest BCUT2D eigenvalue weighted by atomic mass is 9.98. The van der Waals surface area contributed by atoms with Gasteiger partial charge in [-0.25, -0.2) is 13.6 Å². The Morgan fingerprint density at radius 3 is 2.93 bits per heavy atom. The number of carbonyl (C=O) groups excluding carboxylic acids is 1. The Morgan fingerprint density at radius 2 is 2.13 bits per heavy atom. The number of likely N-dealkylation sites (tertiary alicyclic amines) is 1. The normalized spacial score (nSPS) is 16.4. The van der Waals surface area contributed by atoms with Gasteiger partial charge in [-0.15, -0.1) is 0 Å². The molecule has 1 saturated heterocycles. The van der Waals surface area contributed by atoms with Gasteiger partial charge in [0, 0.05) is 24.7 Å². The fourth-order valence-electron chi connectivity index (χ4n) is 3.43. The second kappa shape index (κ2) is 8.48. The minimum atomic E-state index is -0.822. The molecule has 7 nitrogen and oxygen atoms in total. The molecule has 30 heavy (non-hydrogen) atoms. The average Bonchev–Trinajstić information content (AvgIpc) is 3.26. The van der Waals surface area contributed by atoms with E-state index in [1.165, 1.54) is 6.07 Å². The molecule has 9 heteroatoms. The molecule has 1 unspecified atom stereocenters. The summed E-state index contributed by atoms with van der Waals surface area (Å²) in [5, 5.41) is 6.54. The smallest absolute Gasteiger partial charge is 0.321 e. The Labute approximate surface area is 171 Å². The van der Waals surface area contributed by atoms with Gasteiger partial charge in [0.25, 0.3) is 0 Å². The zero-order chi connectivity index (χ0) is 21.1. The number of piperidine rings is 1. The number of nitrogens with one attached hydrogen (secondary N) is 1. The molecule has 0 radical (unpaired) electrons. The van der Waals surface area contributed by atoms with E-state index in [0.717, 1.165) is 30.5 Å². The number of anilines is 1. The number of urea groups is 1. The average molecular weight is 414 g/mol. The van der Waals surface area contributed by atoms with Crippen LogP contribution in [0, 0.1) is 11.6 Å². The van der Waals surface area contributed by atoms with E-state index < -0.39 is 17.7 Å². The summed E-state index contributed by atoms with van der Waals surface area (Å²) in [7, 11) is 1.58. The molecule has 1 aliphatic heterocycles. The first kappa shape index (κ1) is 19.8. The molecule has 1 N–H and O–H groups in total. The first-order chi connectivity index (χ1) is 14.5. The van der Waals surface area contributed by atoms with Crippen LogP contribution in [0.4, 0.5) is 19.3 Å². The second-order valence-electron chi connectivity index (χ2n) is 7.03. The van der Waals surface area contributed by atoms with E-state index in [4.69, 9.17) is 9.26 Å². The van der Waals surface area contributed by atoms with E-state index >= 15 is 0 Å². The zero-order valence-corrected chi connectivity index (χ0v) is 16.3. The third-order valence-corrected chi connectivity index (χ3v) is 5.00. The van der Waals surface area contributed by atoms with E-state index in [0.29, 0.717) is 30.6 Å². The van der Waals surface area contributed by atoms with Gasteiger partial charge in [0.2, 0.25) is 11.7 Å². The van der Waals surface area contributed by atoms with Crippen LogP contribution in [0.25, 0.3) is 11.4 Å². The Kier molecular flexibility index (Phi) is 5.60. The van der Waals surface area contributed by atoms with Crippen LogP contribution in [0.1, 0.15) is 24.7 Å². The third kappa shape index (κ3) is 4.24. The molecule has 0 spiro atoms. The summed E-state index contributed by atoms with van der Waals surface area (Å²) in [6, 6.07) is 9.89. The summed E-state index contributed by atoms with van der Waals surface area (Å²) in [6.45, 7) is 0.871. The van der Waals surface area contributed by atoms with Gasteiger partial charge in [0.05, 0.1) is 18.7 Å². The number of benzene rings is 2. The number of amides is 2. The van der Waals surface area contributed by atoms with Crippen molar-refractivity contribution in [1.29, 1.82) is 0 Å². The fourth-order valence-corrected chi connectivity index (χ4v) is 3.43. The molecule has 2 amide bonds. The number of hydrogen-bond acceptors (Lipinski definition) is 5. The van der Waals surface area contributed by atoms with Gasteiger partial charge in [-0.2, -0.15) is 4.98 Å². The van der Waals surface area contributed by atoms with Crippen molar-refractivity contribution in [2.45, 2.75) is 18.8 Å². The quantitative estimate of drug-likeness (QED) is 0.683. The maximum atomic E-state index is 13.8. The summed E-state index contributed by atoms with van der Waals surface area (Å²) in [5.41, 5.74) is 0.697. The molecule has 1 atom stereocenters. The lowest BCUT2D eigenvalue weighted by Crippen LogP contribution is -2.41. The van der Waals surface area contributed by atoms with Gasteiger partial charge in [-0.1, -0.05) is 17.3 Å². The number of aromatic nitrogens is 2. The molecule has 2 heterocycles. The summed E-state index contributed by atoms with van der Waals surface area (Å²) >= 11 is 0. The number of rotatable bonds is 4. The van der Waals surface area contributed by atoms with Crippen LogP contribution in [0.2, 0.25) is 0 Å². The van der Waals surface area contributed by atoms with Crippen LogP contribution in [0.5, 0.6) is 5.75 Å². The zero-order valence-electron chi connectivity index (χ0n) is 16.3. The lowest BCUT2D eigenvalue weighted by Gasteiger charge is -2.31. The number of carbonyl (C=O) groups is 1. The highest BCUT2D eigenvalue weighted by molar-refractivity contribution is 5.89. The number of ether oxygens (including phenoxy) is 1. The van der Waals surface area contributed by atoms with Gasteiger partial charge in [0.15, 0.2) is 0 Å². The largest absolute Gasteiger partial charge is 0.497 e. The molecule has 0 aliphatic carbocycles. The van der Waals surface area contributed by atoms with Crippen LogP contribution in [0.3, 0.4) is 0 Å². The molecule has 0 bridgehead atoms. The highest BCUT2D eigenvalue weighted by Crippen LogP contribution is 2.29. The van der Waals surface area contributed by atoms with E-state index in [1.54, 1.807) is 12.0 Å². The SMILES string of the molecule is COc1cccc(-c2noc(C3CCCN(C(=O)Nc4ccc(F)cc4F)C3)n2)c1. The maximum Gasteiger partial charge on any atom is 0.321 e. The maximum absolute atomic E-state index is 13.8. The summed E-state index contributed by atoms with van der Waals surface area (Å²) in [4.78, 5) is 18.6. The van der Waals surface area contributed by atoms with Gasteiger partial charge in [-0.3, -0.25) is 0 Å². The monoisotopic (exact) mass is 414 g/mol. The standard InChI is InChI=1S/C21H20F2N4O3/c1-29-16-6-2-4-13(10-16)19-25-20(30-26-19)14-5-3-9-27(12-14)21(28)24-18-8-7-15(22)11-17(18)23/h2,4,6-8,10-11,14H,3,5,9,12H2,1H3,(H,24,28). The lowest BCUT2D eigenvalue weighted by molar-refractivity contribution is 0.184. The second-order valence-corrected chi connectivity index (χ2v) is 7.03. The van der Waals surface area contributed by atoms with Crippen molar-refractivity contribution in [2.75, 3.05) is 25.5 Å². The predicted molar refractivity (Wildman–Crippen MR) is 105 cm³/mol. The molecule has 0 saturated carbocycles. The van der Waals surface area contributed by atoms with Gasteiger partial charge >= 0.3 is 6.03 Å². The summed E-state index contributed by atoms with van der Waals surface area (Å²) < 4.78 is 37.5. The fraction of sp³-hybridized carbons (Fsp3) is 0.286. The summed E-state index contributed by atoms with van der Waals surface area (Å²) in [5.74, 6) is -0.0811. The number of hydrogen-bond donors (Lipinski definition) is 1. The van der Waals surface area contributed by atoms with E-state index in [9.17, 15) is 13.6 Å². The molecule has 1 aliphatic rings. The van der Waals surface area contributed by atoms with Crippen LogP contribution in [-0.2, 0) is 0 Å². The van der Waals surface area contributed by atoms with E-state index in [1.807, 2.05) is 24.3 Å². The van der Waals surface area contributed by atoms with Gasteiger partial charge in [0.1, 0.15) is 17.4 Å². The van der Waals surface area contributed by atoms with Crippen molar-refractivity contribution in [2.24, 2.45) is 0 Å². The highest BCUT2D eigenvalue weighted by atomic mass is 19.1. The molecule has 156 valence electrons. The van der Waals surface area contributed by atoms with Crippen molar-refractivity contribution in [1.82, 2.24) is 15.0 Å². The Balaban J connectivity index is 1.45. The first-order valence-corrected chi connectivity index (χ1v) is 9.52. The van der Waals surface area contributed by atoms with Crippen molar-refractivity contribution in [3.8, 4) is 17.1 Å². The predicted octanol–water partition coefficient (Wildman–Crippen LogP) is 4.43. The van der Waals surface area contributed by atoms with Crippen molar-refractivity contribution in [3.63, 3.8) is 0 Å². The molecule has 2 aromatic carbocycles. The van der Waals surface area contributed by atoms with Crippen LogP contribution in [-0.4, -0.2) is 41.3 Å². The van der Waals surface area contributed by atoms with Crippen LogP contribution < -0.4 is 10.1 Å². The van der Waals surface area contributed by atoms with Crippen LogP contribution >= 0.6 is 0 Å². The molecule has 4 rings (SSSR count). The topological polar surface area (TPSA) is 80.5 Å². The Bertz CT molecular complexity index is 1060. The minimum absolute atomic E-state index is 0.0679. The van der Waals surface area contributed by atoms with Crippen molar-refractivity contribution < 1.29 is 22.8 Å². The highest BCUT2D eigenvalue weighted by Gasteiger charge is 2.29. The van der Waals surface area contributed by atoms with Gasteiger partial charge < -0.3 is 19.5 Å². The third-order valence-electron chi connectivity index (χ3n) is 5.00. The first-order valence-electron chi connectivity index (χ1n) is 9.52. The molecule has 1 fully saturated rings. The minimum Gasteiger partial charge on any atom is -0.497 e. The Hall–Kier alpha value is -3.49. The van der Waals surface area contributed by atoms with Gasteiger partial charge in [-0.05, 0) is 37.1 Å². The summed E-state index contributed by atoms with van der Waals surface area (Å²) in [6.07, 6.45) is 1.52.